The lowest BCUT2D eigenvalue weighted by molar-refractivity contribution is 0.0946. The summed E-state index contributed by atoms with van der Waals surface area (Å²) in [7, 11) is 0. The van der Waals surface area contributed by atoms with Gasteiger partial charge in [0.1, 0.15) is 5.82 Å². The molecule has 1 unspecified atom stereocenters. The van der Waals surface area contributed by atoms with Gasteiger partial charge in [-0.05, 0) is 51.2 Å². The summed E-state index contributed by atoms with van der Waals surface area (Å²) in [6.45, 7) is 0.658. The van der Waals surface area contributed by atoms with Gasteiger partial charge in [0, 0.05) is 12.1 Å². The van der Waals surface area contributed by atoms with Crippen molar-refractivity contribution in [2.45, 2.75) is 11.8 Å². The van der Waals surface area contributed by atoms with Crippen LogP contribution in [0.4, 0.5) is 4.39 Å². The molecule has 0 aliphatic carbocycles. The quantitative estimate of drug-likeness (QED) is 0.791. The third kappa shape index (κ3) is 2.70. The van der Waals surface area contributed by atoms with Crippen molar-refractivity contribution in [3.8, 4) is 0 Å². The van der Waals surface area contributed by atoms with E-state index in [4.69, 9.17) is 11.6 Å². The van der Waals surface area contributed by atoms with E-state index >= 15 is 0 Å². The summed E-state index contributed by atoms with van der Waals surface area (Å²) >= 11 is 9.70. The Bertz CT molecular complexity index is 719. The fraction of sp³-hybridized carbons (Fsp3) is 0.188. The number of hydrogen-bond acceptors (Lipinski definition) is 1. The van der Waals surface area contributed by atoms with Crippen molar-refractivity contribution in [3.05, 3.63) is 68.9 Å². The molecule has 1 atom stereocenters. The summed E-state index contributed by atoms with van der Waals surface area (Å²) in [5.41, 5.74) is 3.09. The molecule has 0 radical (unpaired) electrons. The highest BCUT2D eigenvalue weighted by Crippen LogP contribution is 2.35. The monoisotopic (exact) mass is 367 g/mol. The van der Waals surface area contributed by atoms with Crippen LogP contribution in [0, 0.1) is 5.82 Å². The number of hydrogen-bond donors (Lipinski definition) is 1. The summed E-state index contributed by atoms with van der Waals surface area (Å²) in [6, 6.07) is 10.4. The van der Waals surface area contributed by atoms with Gasteiger partial charge in [-0.15, -0.1) is 11.6 Å². The molecule has 1 aliphatic rings. The standard InChI is InChI=1S/C16H12BrClFNO/c17-14-11(2-1-3-13(14)19)15(18)10-5-4-9-6-7-20-16(21)12(9)8-10/h1-5,8,15H,6-7H2,(H,20,21). The van der Waals surface area contributed by atoms with E-state index in [1.807, 2.05) is 12.1 Å². The predicted molar refractivity (Wildman–Crippen MR) is 84.3 cm³/mol. The largest absolute Gasteiger partial charge is 0.352 e. The molecule has 2 aromatic rings. The molecule has 0 saturated heterocycles. The van der Waals surface area contributed by atoms with Gasteiger partial charge in [0.25, 0.3) is 5.91 Å². The third-order valence-electron chi connectivity index (χ3n) is 3.61. The Balaban J connectivity index is 2.02. The van der Waals surface area contributed by atoms with Crippen LogP contribution in [-0.4, -0.2) is 12.5 Å². The number of rotatable bonds is 2. The lowest BCUT2D eigenvalue weighted by atomic mass is 9.95. The molecular weight excluding hydrogens is 357 g/mol. The van der Waals surface area contributed by atoms with E-state index in [0.717, 1.165) is 17.5 Å². The molecule has 108 valence electrons. The molecule has 0 aromatic heterocycles. The van der Waals surface area contributed by atoms with Crippen LogP contribution >= 0.6 is 27.5 Å². The molecule has 21 heavy (non-hydrogen) atoms. The maximum atomic E-state index is 13.6. The third-order valence-corrected chi connectivity index (χ3v) is 4.93. The molecule has 0 bridgehead atoms. The molecule has 5 heteroatoms. The summed E-state index contributed by atoms with van der Waals surface area (Å²) in [4.78, 5) is 11.9. The number of carbonyl (C=O) groups is 1. The number of benzene rings is 2. The van der Waals surface area contributed by atoms with Crippen LogP contribution in [0.3, 0.4) is 0 Å². The fourth-order valence-corrected chi connectivity index (χ4v) is 3.43. The summed E-state index contributed by atoms with van der Waals surface area (Å²) in [6.07, 6.45) is 0.817. The van der Waals surface area contributed by atoms with Gasteiger partial charge in [-0.3, -0.25) is 4.79 Å². The topological polar surface area (TPSA) is 29.1 Å². The molecular formula is C16H12BrClFNO. The number of halogens is 3. The molecule has 1 amide bonds. The van der Waals surface area contributed by atoms with Crippen LogP contribution in [0.2, 0.25) is 0 Å². The van der Waals surface area contributed by atoms with Gasteiger partial charge in [0.15, 0.2) is 0 Å². The first-order valence-electron chi connectivity index (χ1n) is 6.57. The maximum absolute atomic E-state index is 13.6. The van der Waals surface area contributed by atoms with E-state index in [-0.39, 0.29) is 11.7 Å². The van der Waals surface area contributed by atoms with E-state index in [0.29, 0.717) is 22.1 Å². The second kappa shape index (κ2) is 5.78. The smallest absolute Gasteiger partial charge is 0.251 e. The van der Waals surface area contributed by atoms with Crippen molar-refractivity contribution in [3.63, 3.8) is 0 Å². The zero-order valence-corrected chi connectivity index (χ0v) is 13.3. The predicted octanol–water partition coefficient (Wildman–Crippen LogP) is 4.20. The molecule has 1 heterocycles. The van der Waals surface area contributed by atoms with Gasteiger partial charge < -0.3 is 5.32 Å². The van der Waals surface area contributed by atoms with Crippen molar-refractivity contribution in [1.29, 1.82) is 0 Å². The lowest BCUT2D eigenvalue weighted by Gasteiger charge is -2.19. The molecule has 3 rings (SSSR count). The van der Waals surface area contributed by atoms with Gasteiger partial charge >= 0.3 is 0 Å². The average molecular weight is 369 g/mol. The Morgan fingerprint density at radius 3 is 2.90 bits per heavy atom. The second-order valence-electron chi connectivity index (χ2n) is 4.93. The molecule has 1 N–H and O–H groups in total. The number of alkyl halides is 1. The Morgan fingerprint density at radius 1 is 1.29 bits per heavy atom. The first-order chi connectivity index (χ1) is 10.1. The fourth-order valence-electron chi connectivity index (χ4n) is 2.48. The summed E-state index contributed by atoms with van der Waals surface area (Å²) in [5, 5.41) is 2.29. The van der Waals surface area contributed by atoms with Crippen LogP contribution in [0.25, 0.3) is 0 Å². The van der Waals surface area contributed by atoms with Crippen molar-refractivity contribution in [2.24, 2.45) is 0 Å². The van der Waals surface area contributed by atoms with Crippen molar-refractivity contribution >= 4 is 33.4 Å². The number of nitrogens with one attached hydrogen (secondary N) is 1. The van der Waals surface area contributed by atoms with E-state index < -0.39 is 5.38 Å². The SMILES string of the molecule is O=C1NCCc2ccc(C(Cl)c3cccc(F)c3Br)cc21. The number of amides is 1. The van der Waals surface area contributed by atoms with Crippen LogP contribution in [0.1, 0.15) is 32.4 Å². The lowest BCUT2D eigenvalue weighted by Crippen LogP contribution is -2.31. The highest BCUT2D eigenvalue weighted by molar-refractivity contribution is 9.10. The Kier molecular flexibility index (Phi) is 4.00. The first kappa shape index (κ1) is 14.5. The highest BCUT2D eigenvalue weighted by atomic mass is 79.9. The van der Waals surface area contributed by atoms with E-state index in [2.05, 4.69) is 21.2 Å². The average Bonchev–Trinajstić information content (AvgIpc) is 2.49. The maximum Gasteiger partial charge on any atom is 0.251 e. The van der Waals surface area contributed by atoms with Gasteiger partial charge in [-0.25, -0.2) is 4.39 Å². The molecule has 2 nitrogen and oxygen atoms in total. The van der Waals surface area contributed by atoms with Gasteiger partial charge in [-0.2, -0.15) is 0 Å². The summed E-state index contributed by atoms with van der Waals surface area (Å²) < 4.78 is 14.0. The second-order valence-corrected chi connectivity index (χ2v) is 6.16. The minimum atomic E-state index is -0.518. The van der Waals surface area contributed by atoms with Crippen molar-refractivity contribution in [2.75, 3.05) is 6.54 Å². The minimum absolute atomic E-state index is 0.0831. The van der Waals surface area contributed by atoms with Gasteiger partial charge in [0.05, 0.1) is 9.85 Å². The molecule has 0 saturated carbocycles. The number of fused-ring (bicyclic) bond motifs is 1. The zero-order chi connectivity index (χ0) is 15.0. The van der Waals surface area contributed by atoms with E-state index in [1.165, 1.54) is 6.07 Å². The summed E-state index contributed by atoms with van der Waals surface area (Å²) in [5.74, 6) is -0.436. The van der Waals surface area contributed by atoms with Crippen molar-refractivity contribution in [1.82, 2.24) is 5.32 Å². The minimum Gasteiger partial charge on any atom is -0.352 e. The van der Waals surface area contributed by atoms with E-state index in [9.17, 15) is 9.18 Å². The molecule has 2 aromatic carbocycles. The molecule has 1 aliphatic heterocycles. The molecule has 0 spiro atoms. The van der Waals surface area contributed by atoms with Gasteiger partial charge in [-0.1, -0.05) is 24.3 Å². The number of carbonyl (C=O) groups excluding carboxylic acids is 1. The highest BCUT2D eigenvalue weighted by Gasteiger charge is 2.21. The van der Waals surface area contributed by atoms with E-state index in [1.54, 1.807) is 18.2 Å². The Labute approximate surface area is 135 Å². The first-order valence-corrected chi connectivity index (χ1v) is 7.80. The van der Waals surface area contributed by atoms with Crippen LogP contribution < -0.4 is 5.32 Å². The van der Waals surface area contributed by atoms with Crippen LogP contribution in [-0.2, 0) is 6.42 Å². The zero-order valence-electron chi connectivity index (χ0n) is 11.0. The normalized spacial score (nSPS) is 15.3. The Hall–Kier alpha value is -1.39. The molecule has 0 fully saturated rings. The Morgan fingerprint density at radius 2 is 2.10 bits per heavy atom. The van der Waals surface area contributed by atoms with Gasteiger partial charge in [0.2, 0.25) is 0 Å². The van der Waals surface area contributed by atoms with Crippen LogP contribution in [0.15, 0.2) is 40.9 Å². The van der Waals surface area contributed by atoms with Crippen LogP contribution in [0.5, 0.6) is 0 Å². The van der Waals surface area contributed by atoms with Crippen molar-refractivity contribution < 1.29 is 9.18 Å².